The van der Waals surface area contributed by atoms with E-state index in [-0.39, 0.29) is 0 Å². The number of hydrogen-bond acceptors (Lipinski definition) is 4. The van der Waals surface area contributed by atoms with E-state index in [0.717, 1.165) is 5.69 Å². The largest absolute Gasteiger partial charge is 0.389 e. The van der Waals surface area contributed by atoms with Crippen molar-refractivity contribution in [2.24, 2.45) is 13.0 Å². The summed E-state index contributed by atoms with van der Waals surface area (Å²) in [5, 5.41) is 16.7. The van der Waals surface area contributed by atoms with Crippen molar-refractivity contribution < 1.29 is 9.84 Å². The Kier molecular flexibility index (Phi) is 5.28. The van der Waals surface area contributed by atoms with E-state index in [0.29, 0.717) is 25.7 Å². The number of nitrogens with one attached hydrogen (secondary N) is 1. The summed E-state index contributed by atoms with van der Waals surface area (Å²) in [6.07, 6.45) is 3.10. The molecule has 0 aliphatic rings. The van der Waals surface area contributed by atoms with Gasteiger partial charge in [-0.15, -0.1) is 0 Å². The number of anilines is 1. The van der Waals surface area contributed by atoms with Crippen molar-refractivity contribution in [3.63, 3.8) is 0 Å². The molecule has 2 N–H and O–H groups in total. The fourth-order valence-electron chi connectivity index (χ4n) is 1.25. The lowest BCUT2D eigenvalue weighted by molar-refractivity contribution is 0.0318. The van der Waals surface area contributed by atoms with Crippen molar-refractivity contribution in [1.82, 2.24) is 9.78 Å². The van der Waals surface area contributed by atoms with Crippen LogP contribution >= 0.6 is 0 Å². The van der Waals surface area contributed by atoms with E-state index in [1.807, 2.05) is 13.2 Å². The summed E-state index contributed by atoms with van der Waals surface area (Å²) in [6, 6.07) is 0. The summed E-state index contributed by atoms with van der Waals surface area (Å²) in [4.78, 5) is 0. The predicted molar refractivity (Wildman–Crippen MR) is 63.4 cm³/mol. The molecule has 0 fully saturated rings. The lowest BCUT2D eigenvalue weighted by Crippen LogP contribution is -2.25. The Morgan fingerprint density at radius 2 is 2.25 bits per heavy atom. The topological polar surface area (TPSA) is 59.3 Å². The zero-order valence-electron chi connectivity index (χ0n) is 10.2. The first-order valence-electron chi connectivity index (χ1n) is 5.56. The van der Waals surface area contributed by atoms with Gasteiger partial charge in [-0.2, -0.15) is 5.10 Å². The highest BCUT2D eigenvalue weighted by molar-refractivity contribution is 5.37. The molecule has 0 spiro atoms. The van der Waals surface area contributed by atoms with Crippen LogP contribution in [0.1, 0.15) is 13.8 Å². The third-order valence-electron chi connectivity index (χ3n) is 2.01. The molecule has 0 radical (unpaired) electrons. The molecule has 0 bridgehead atoms. The minimum Gasteiger partial charge on any atom is -0.389 e. The number of aryl methyl sites for hydroxylation is 1. The molecule has 1 aromatic rings. The van der Waals surface area contributed by atoms with Crippen LogP contribution in [0.5, 0.6) is 0 Å². The number of aliphatic hydroxyl groups is 1. The number of ether oxygens (including phenoxy) is 1. The van der Waals surface area contributed by atoms with Crippen LogP contribution in [0.2, 0.25) is 0 Å². The van der Waals surface area contributed by atoms with Crippen LogP contribution in [0.25, 0.3) is 0 Å². The maximum absolute atomic E-state index is 9.62. The first kappa shape index (κ1) is 13.0. The van der Waals surface area contributed by atoms with Crippen molar-refractivity contribution in [2.45, 2.75) is 20.0 Å². The summed E-state index contributed by atoms with van der Waals surface area (Å²) < 4.78 is 7.05. The van der Waals surface area contributed by atoms with Gasteiger partial charge in [0, 0.05) is 26.4 Å². The lowest BCUT2D eigenvalue weighted by atomic mass is 10.2. The lowest BCUT2D eigenvalue weighted by Gasteiger charge is -2.13. The molecule has 0 saturated carbocycles. The molecule has 1 rings (SSSR count). The summed E-state index contributed by atoms with van der Waals surface area (Å²) in [7, 11) is 1.85. The maximum atomic E-state index is 9.62. The SMILES string of the molecule is CC(C)COCC(O)CNc1cnn(C)c1. The van der Waals surface area contributed by atoms with Crippen LogP contribution in [0.3, 0.4) is 0 Å². The fourth-order valence-corrected chi connectivity index (χ4v) is 1.25. The highest BCUT2D eigenvalue weighted by Gasteiger charge is 2.05. The normalized spacial score (nSPS) is 13.1. The van der Waals surface area contributed by atoms with Crippen molar-refractivity contribution in [2.75, 3.05) is 25.1 Å². The monoisotopic (exact) mass is 227 g/mol. The Hall–Kier alpha value is -1.07. The molecule has 0 amide bonds. The van der Waals surface area contributed by atoms with E-state index >= 15 is 0 Å². The van der Waals surface area contributed by atoms with Gasteiger partial charge in [-0.3, -0.25) is 4.68 Å². The Morgan fingerprint density at radius 1 is 1.50 bits per heavy atom. The van der Waals surface area contributed by atoms with Gasteiger partial charge in [-0.25, -0.2) is 0 Å². The first-order chi connectivity index (χ1) is 7.58. The molecule has 5 nitrogen and oxygen atoms in total. The average Bonchev–Trinajstić information content (AvgIpc) is 2.61. The van der Waals surface area contributed by atoms with Gasteiger partial charge in [0.25, 0.3) is 0 Å². The Labute approximate surface area is 96.4 Å². The standard InChI is InChI=1S/C11H21N3O2/c1-9(2)7-16-8-11(15)5-12-10-4-13-14(3)6-10/h4,6,9,11-12,15H,5,7-8H2,1-3H3. The number of nitrogens with zero attached hydrogens (tertiary/aromatic N) is 2. The molecule has 0 aliphatic carbocycles. The third kappa shape index (κ3) is 5.14. The minimum atomic E-state index is -0.487. The molecule has 1 heterocycles. The van der Waals surface area contributed by atoms with Gasteiger partial charge in [0.05, 0.1) is 24.6 Å². The molecule has 1 atom stereocenters. The van der Waals surface area contributed by atoms with Crippen LogP contribution in [-0.4, -0.2) is 40.7 Å². The minimum absolute atomic E-state index is 0.367. The van der Waals surface area contributed by atoms with Gasteiger partial charge in [0.1, 0.15) is 0 Å². The zero-order valence-corrected chi connectivity index (χ0v) is 10.2. The van der Waals surface area contributed by atoms with E-state index in [1.165, 1.54) is 0 Å². The maximum Gasteiger partial charge on any atom is 0.0945 e. The molecule has 1 unspecified atom stereocenters. The Morgan fingerprint density at radius 3 is 2.81 bits per heavy atom. The molecular formula is C11H21N3O2. The van der Waals surface area contributed by atoms with E-state index < -0.39 is 6.10 Å². The molecule has 0 aliphatic heterocycles. The van der Waals surface area contributed by atoms with Crippen LogP contribution < -0.4 is 5.32 Å². The van der Waals surface area contributed by atoms with Gasteiger partial charge in [0.15, 0.2) is 0 Å². The number of hydrogen-bond donors (Lipinski definition) is 2. The van der Waals surface area contributed by atoms with Gasteiger partial charge in [-0.05, 0) is 5.92 Å². The quantitative estimate of drug-likeness (QED) is 0.725. The van der Waals surface area contributed by atoms with Crippen LogP contribution in [0.4, 0.5) is 5.69 Å². The van der Waals surface area contributed by atoms with Crippen LogP contribution in [0.15, 0.2) is 12.4 Å². The molecule has 5 heteroatoms. The molecule has 16 heavy (non-hydrogen) atoms. The molecule has 0 saturated heterocycles. The highest BCUT2D eigenvalue weighted by atomic mass is 16.5. The van der Waals surface area contributed by atoms with Gasteiger partial charge in [0.2, 0.25) is 0 Å². The molecule has 0 aromatic carbocycles. The van der Waals surface area contributed by atoms with Crippen molar-refractivity contribution >= 4 is 5.69 Å². The van der Waals surface area contributed by atoms with Crippen LogP contribution in [-0.2, 0) is 11.8 Å². The average molecular weight is 227 g/mol. The van der Waals surface area contributed by atoms with E-state index in [4.69, 9.17) is 4.74 Å². The van der Waals surface area contributed by atoms with Gasteiger partial charge < -0.3 is 15.2 Å². The summed E-state index contributed by atoms with van der Waals surface area (Å²) in [5.74, 6) is 0.499. The van der Waals surface area contributed by atoms with Crippen molar-refractivity contribution in [3.8, 4) is 0 Å². The Balaban J connectivity index is 2.12. The Bertz CT molecular complexity index is 299. The second kappa shape index (κ2) is 6.50. The number of aliphatic hydroxyl groups excluding tert-OH is 1. The molecule has 1 aromatic heterocycles. The number of rotatable bonds is 7. The molecule has 92 valence electrons. The van der Waals surface area contributed by atoms with E-state index in [1.54, 1.807) is 10.9 Å². The highest BCUT2D eigenvalue weighted by Crippen LogP contribution is 2.03. The van der Waals surface area contributed by atoms with E-state index in [9.17, 15) is 5.11 Å². The third-order valence-corrected chi connectivity index (χ3v) is 2.01. The predicted octanol–water partition coefficient (Wildman–Crippen LogP) is 0.865. The second-order valence-corrected chi connectivity index (χ2v) is 4.37. The smallest absolute Gasteiger partial charge is 0.0945 e. The summed E-state index contributed by atoms with van der Waals surface area (Å²) >= 11 is 0. The van der Waals surface area contributed by atoms with Crippen molar-refractivity contribution in [1.29, 1.82) is 0 Å². The zero-order chi connectivity index (χ0) is 12.0. The first-order valence-corrected chi connectivity index (χ1v) is 5.56. The fraction of sp³-hybridized carbons (Fsp3) is 0.727. The second-order valence-electron chi connectivity index (χ2n) is 4.37. The summed E-state index contributed by atoms with van der Waals surface area (Å²) in [5.41, 5.74) is 0.908. The van der Waals surface area contributed by atoms with Gasteiger partial charge in [-0.1, -0.05) is 13.8 Å². The molecular weight excluding hydrogens is 206 g/mol. The van der Waals surface area contributed by atoms with Crippen LogP contribution in [0, 0.1) is 5.92 Å². The van der Waals surface area contributed by atoms with Gasteiger partial charge >= 0.3 is 0 Å². The number of aromatic nitrogens is 2. The summed E-state index contributed by atoms with van der Waals surface area (Å²) in [6.45, 7) is 5.69. The van der Waals surface area contributed by atoms with E-state index in [2.05, 4.69) is 24.3 Å². The van der Waals surface area contributed by atoms with Crippen molar-refractivity contribution in [3.05, 3.63) is 12.4 Å².